The summed E-state index contributed by atoms with van der Waals surface area (Å²) in [6, 6.07) is 13.7. The lowest BCUT2D eigenvalue weighted by molar-refractivity contribution is -0.125. The number of anilines is 2. The second-order valence-electron chi connectivity index (χ2n) is 8.72. The Hall–Kier alpha value is -2.84. The molecular formula is C24H31FN4O3. The van der Waals surface area contributed by atoms with Crippen LogP contribution in [0.3, 0.4) is 0 Å². The van der Waals surface area contributed by atoms with Crippen molar-refractivity contribution in [2.45, 2.75) is 24.5 Å². The SMILES string of the molecule is COc1ccc(N2CCN(CC3(O)CCN(c4ccc(F)cc4)CC3)C(C(N)=O)C2)cc1. The lowest BCUT2D eigenvalue weighted by atomic mass is 9.89. The molecule has 2 saturated heterocycles. The zero-order valence-electron chi connectivity index (χ0n) is 18.4. The molecule has 0 aliphatic carbocycles. The van der Waals surface area contributed by atoms with Gasteiger partial charge in [0.2, 0.25) is 5.91 Å². The highest BCUT2D eigenvalue weighted by Crippen LogP contribution is 2.29. The van der Waals surface area contributed by atoms with E-state index in [1.54, 1.807) is 19.2 Å². The van der Waals surface area contributed by atoms with Gasteiger partial charge < -0.3 is 25.4 Å². The zero-order valence-corrected chi connectivity index (χ0v) is 18.4. The number of carbonyl (C=O) groups is 1. The molecule has 32 heavy (non-hydrogen) atoms. The normalized spacial score (nSPS) is 21.4. The van der Waals surface area contributed by atoms with E-state index in [-0.39, 0.29) is 11.7 Å². The predicted molar refractivity (Wildman–Crippen MR) is 123 cm³/mol. The van der Waals surface area contributed by atoms with Crippen molar-refractivity contribution in [2.75, 3.05) is 56.2 Å². The number of ether oxygens (including phenoxy) is 1. The number of piperidine rings is 1. The molecule has 2 fully saturated rings. The second-order valence-corrected chi connectivity index (χ2v) is 8.72. The van der Waals surface area contributed by atoms with Gasteiger partial charge in [-0.25, -0.2) is 4.39 Å². The standard InChI is InChI=1S/C24H31FN4O3/c1-32-21-8-6-20(7-9-21)28-14-15-29(22(16-28)23(26)30)17-24(31)10-12-27(13-11-24)19-4-2-18(25)3-5-19/h2-9,22,31H,10-17H2,1H3,(H2,26,30). The van der Waals surface area contributed by atoms with Crippen LogP contribution in [0.15, 0.2) is 48.5 Å². The van der Waals surface area contributed by atoms with Gasteiger partial charge in [-0.1, -0.05) is 0 Å². The van der Waals surface area contributed by atoms with Gasteiger partial charge in [-0.05, 0) is 61.4 Å². The Morgan fingerprint density at radius 1 is 1.03 bits per heavy atom. The van der Waals surface area contributed by atoms with Gasteiger partial charge in [0.05, 0.1) is 12.7 Å². The van der Waals surface area contributed by atoms with E-state index in [9.17, 15) is 14.3 Å². The molecule has 0 saturated carbocycles. The third kappa shape index (κ3) is 4.97. The number of carbonyl (C=O) groups excluding carboxylic acids is 1. The summed E-state index contributed by atoms with van der Waals surface area (Å²) in [5.74, 6) is 0.150. The summed E-state index contributed by atoms with van der Waals surface area (Å²) in [6.07, 6.45) is 1.16. The van der Waals surface area contributed by atoms with Gasteiger partial charge in [0.15, 0.2) is 0 Å². The highest BCUT2D eigenvalue weighted by molar-refractivity contribution is 5.81. The van der Waals surface area contributed by atoms with Crippen LogP contribution in [0.1, 0.15) is 12.8 Å². The fourth-order valence-corrected chi connectivity index (χ4v) is 4.68. The molecule has 4 rings (SSSR count). The van der Waals surface area contributed by atoms with Crippen molar-refractivity contribution >= 4 is 17.3 Å². The predicted octanol–water partition coefficient (Wildman–Crippen LogP) is 1.84. The van der Waals surface area contributed by atoms with E-state index in [1.165, 1.54) is 12.1 Å². The minimum Gasteiger partial charge on any atom is -0.497 e. The number of halogens is 1. The Morgan fingerprint density at radius 3 is 2.22 bits per heavy atom. The third-order valence-corrected chi connectivity index (χ3v) is 6.64. The molecule has 0 radical (unpaired) electrons. The van der Waals surface area contributed by atoms with Crippen LogP contribution in [-0.2, 0) is 4.79 Å². The minimum absolute atomic E-state index is 0.256. The third-order valence-electron chi connectivity index (χ3n) is 6.64. The molecule has 1 unspecified atom stereocenters. The minimum atomic E-state index is -0.882. The lowest BCUT2D eigenvalue weighted by Crippen LogP contribution is -2.62. The summed E-state index contributed by atoms with van der Waals surface area (Å²) in [5.41, 5.74) is 6.84. The van der Waals surface area contributed by atoms with Gasteiger partial charge in [0, 0.05) is 50.6 Å². The zero-order chi connectivity index (χ0) is 22.7. The van der Waals surface area contributed by atoms with Crippen molar-refractivity contribution in [3.05, 3.63) is 54.3 Å². The number of β-amino-alcohol motifs (C(OH)–C–C–N with tert-alkyl or cyclic N) is 1. The van der Waals surface area contributed by atoms with Gasteiger partial charge in [0.1, 0.15) is 17.6 Å². The number of primary amides is 1. The van der Waals surface area contributed by atoms with E-state index in [0.717, 1.165) is 23.7 Å². The molecule has 2 aromatic carbocycles. The van der Waals surface area contributed by atoms with Gasteiger partial charge >= 0.3 is 0 Å². The summed E-state index contributed by atoms with van der Waals surface area (Å²) in [5, 5.41) is 11.3. The van der Waals surface area contributed by atoms with Crippen molar-refractivity contribution in [3.63, 3.8) is 0 Å². The van der Waals surface area contributed by atoms with Gasteiger partial charge in [-0.2, -0.15) is 0 Å². The van der Waals surface area contributed by atoms with Crippen molar-refractivity contribution in [1.29, 1.82) is 0 Å². The van der Waals surface area contributed by atoms with E-state index in [0.29, 0.717) is 45.6 Å². The first-order valence-corrected chi connectivity index (χ1v) is 11.0. The number of methoxy groups -OCH3 is 1. The molecule has 7 nitrogen and oxygen atoms in total. The van der Waals surface area contributed by atoms with Crippen LogP contribution in [0.25, 0.3) is 0 Å². The molecule has 8 heteroatoms. The number of rotatable bonds is 6. The van der Waals surface area contributed by atoms with E-state index in [4.69, 9.17) is 10.5 Å². The second kappa shape index (κ2) is 9.34. The number of nitrogens with two attached hydrogens (primary N) is 1. The van der Waals surface area contributed by atoms with Crippen LogP contribution >= 0.6 is 0 Å². The first kappa shape index (κ1) is 22.4. The van der Waals surface area contributed by atoms with Crippen molar-refractivity contribution < 1.29 is 19.0 Å². The summed E-state index contributed by atoms with van der Waals surface area (Å²) in [4.78, 5) is 18.6. The molecule has 172 valence electrons. The molecule has 0 spiro atoms. The van der Waals surface area contributed by atoms with Gasteiger partial charge in [-0.15, -0.1) is 0 Å². The molecule has 1 amide bonds. The van der Waals surface area contributed by atoms with Gasteiger partial charge in [0.25, 0.3) is 0 Å². The number of amides is 1. The number of hydrogen-bond donors (Lipinski definition) is 2. The molecule has 2 aliphatic heterocycles. The highest BCUT2D eigenvalue weighted by Gasteiger charge is 2.39. The monoisotopic (exact) mass is 442 g/mol. The largest absolute Gasteiger partial charge is 0.497 e. The van der Waals surface area contributed by atoms with Crippen LogP contribution < -0.4 is 20.3 Å². The number of piperazine rings is 1. The fraction of sp³-hybridized carbons (Fsp3) is 0.458. The van der Waals surface area contributed by atoms with E-state index < -0.39 is 11.6 Å². The average Bonchev–Trinajstić information content (AvgIpc) is 2.80. The summed E-state index contributed by atoms with van der Waals surface area (Å²) < 4.78 is 18.4. The summed E-state index contributed by atoms with van der Waals surface area (Å²) >= 11 is 0. The smallest absolute Gasteiger partial charge is 0.236 e. The number of benzene rings is 2. The Morgan fingerprint density at radius 2 is 1.62 bits per heavy atom. The Kier molecular flexibility index (Phi) is 6.53. The quantitative estimate of drug-likeness (QED) is 0.711. The van der Waals surface area contributed by atoms with E-state index >= 15 is 0 Å². The molecule has 2 aliphatic rings. The molecule has 1 atom stereocenters. The topological polar surface area (TPSA) is 82.3 Å². The van der Waals surface area contributed by atoms with E-state index in [2.05, 4.69) is 9.80 Å². The Bertz CT molecular complexity index is 914. The maximum Gasteiger partial charge on any atom is 0.236 e. The molecule has 2 aromatic rings. The molecule has 2 heterocycles. The van der Waals surface area contributed by atoms with Crippen LogP contribution in [0.2, 0.25) is 0 Å². The molecule has 3 N–H and O–H groups in total. The van der Waals surface area contributed by atoms with Gasteiger partial charge in [-0.3, -0.25) is 9.69 Å². The number of hydrogen-bond acceptors (Lipinski definition) is 6. The molecule has 0 bridgehead atoms. The highest BCUT2D eigenvalue weighted by atomic mass is 19.1. The molecule has 0 aromatic heterocycles. The van der Waals surface area contributed by atoms with Crippen LogP contribution in [0.5, 0.6) is 5.75 Å². The first-order valence-electron chi connectivity index (χ1n) is 11.0. The Balaban J connectivity index is 1.37. The number of aliphatic hydroxyl groups is 1. The van der Waals surface area contributed by atoms with Crippen molar-refractivity contribution in [3.8, 4) is 5.75 Å². The van der Waals surface area contributed by atoms with Crippen LogP contribution in [-0.4, -0.2) is 73.9 Å². The number of nitrogens with zero attached hydrogens (tertiary/aromatic N) is 3. The van der Waals surface area contributed by atoms with Crippen LogP contribution in [0.4, 0.5) is 15.8 Å². The fourth-order valence-electron chi connectivity index (χ4n) is 4.68. The van der Waals surface area contributed by atoms with Crippen LogP contribution in [0, 0.1) is 5.82 Å². The maximum atomic E-state index is 13.2. The van der Waals surface area contributed by atoms with Crippen molar-refractivity contribution in [2.24, 2.45) is 5.73 Å². The average molecular weight is 443 g/mol. The summed E-state index contributed by atoms with van der Waals surface area (Å²) in [6.45, 7) is 3.63. The Labute approximate surface area is 188 Å². The maximum absolute atomic E-state index is 13.2. The molecular weight excluding hydrogens is 411 g/mol. The summed E-state index contributed by atoms with van der Waals surface area (Å²) in [7, 11) is 1.63. The lowest BCUT2D eigenvalue weighted by Gasteiger charge is -2.46. The van der Waals surface area contributed by atoms with E-state index in [1.807, 2.05) is 29.2 Å². The van der Waals surface area contributed by atoms with Crippen molar-refractivity contribution in [1.82, 2.24) is 4.90 Å². The first-order chi connectivity index (χ1) is 15.4.